The van der Waals surface area contributed by atoms with Gasteiger partial charge in [-0.05, 0) is 13.8 Å². The third kappa shape index (κ3) is 3.76. The molecule has 2 aromatic rings. The first-order valence-electron chi connectivity index (χ1n) is 6.60. The molecule has 0 aliphatic rings. The van der Waals surface area contributed by atoms with Crippen molar-refractivity contribution in [3.63, 3.8) is 0 Å². The van der Waals surface area contributed by atoms with Gasteiger partial charge in [0.1, 0.15) is 0 Å². The summed E-state index contributed by atoms with van der Waals surface area (Å²) in [6.45, 7) is 3.45. The summed E-state index contributed by atoms with van der Waals surface area (Å²) in [6.07, 6.45) is -3.70. The molecule has 0 unspecified atom stereocenters. The number of anilines is 1. The van der Waals surface area contributed by atoms with Gasteiger partial charge in [0.25, 0.3) is 5.91 Å². The predicted molar refractivity (Wildman–Crippen MR) is 74.2 cm³/mol. The van der Waals surface area contributed by atoms with E-state index in [1.54, 1.807) is 13.8 Å². The Morgan fingerprint density at radius 3 is 2.65 bits per heavy atom. The maximum Gasteiger partial charge on any atom is 0.435 e. The Bertz CT molecular complexity index is 727. The molecule has 0 bridgehead atoms. The van der Waals surface area contributed by atoms with Crippen LogP contribution in [0, 0.1) is 6.92 Å². The largest absolute Gasteiger partial charge is 0.481 e. The minimum absolute atomic E-state index is 0.149. The zero-order chi connectivity index (χ0) is 17.2. The van der Waals surface area contributed by atoms with Gasteiger partial charge < -0.3 is 4.74 Å². The molecule has 0 fully saturated rings. The fourth-order valence-corrected chi connectivity index (χ4v) is 1.83. The monoisotopic (exact) mass is 329 g/mol. The van der Waals surface area contributed by atoms with E-state index < -0.39 is 23.3 Å². The van der Waals surface area contributed by atoms with E-state index in [2.05, 4.69) is 20.4 Å². The van der Waals surface area contributed by atoms with Crippen molar-refractivity contribution in [1.82, 2.24) is 19.7 Å². The molecule has 0 atom stereocenters. The second-order valence-corrected chi connectivity index (χ2v) is 4.57. The van der Waals surface area contributed by atoms with Crippen molar-refractivity contribution in [2.75, 3.05) is 12.4 Å². The maximum absolute atomic E-state index is 13.0. The van der Waals surface area contributed by atoms with E-state index in [4.69, 9.17) is 4.74 Å². The SMILES string of the molecule is CCn1cc(C(=O)Nc2nc(C)cc(OC)n2)c(C(F)(F)F)n1. The molecule has 0 aliphatic heterocycles. The molecular weight excluding hydrogens is 315 g/mol. The van der Waals surface area contributed by atoms with E-state index in [9.17, 15) is 18.0 Å². The highest BCUT2D eigenvalue weighted by molar-refractivity contribution is 6.04. The number of aryl methyl sites for hydroxylation is 2. The van der Waals surface area contributed by atoms with Crippen LogP contribution in [0.5, 0.6) is 5.88 Å². The van der Waals surface area contributed by atoms with Gasteiger partial charge >= 0.3 is 6.18 Å². The van der Waals surface area contributed by atoms with Gasteiger partial charge in [0, 0.05) is 24.5 Å². The van der Waals surface area contributed by atoms with E-state index >= 15 is 0 Å². The van der Waals surface area contributed by atoms with Gasteiger partial charge in [0.2, 0.25) is 11.8 Å². The molecule has 2 rings (SSSR count). The molecule has 0 aromatic carbocycles. The minimum Gasteiger partial charge on any atom is -0.481 e. The standard InChI is InChI=1S/C13H14F3N5O2/c1-4-21-6-8(10(20-21)13(14,15)16)11(22)19-12-17-7(2)5-9(18-12)23-3/h5-6H,4H2,1-3H3,(H,17,18,19,22). The fourth-order valence-electron chi connectivity index (χ4n) is 1.83. The number of alkyl halides is 3. The van der Waals surface area contributed by atoms with Crippen LogP contribution in [0.1, 0.15) is 28.7 Å². The van der Waals surface area contributed by atoms with E-state index in [1.807, 2.05) is 0 Å². The number of amides is 1. The summed E-state index contributed by atoms with van der Waals surface area (Å²) in [6, 6.07) is 1.52. The second-order valence-electron chi connectivity index (χ2n) is 4.57. The van der Waals surface area contributed by atoms with Gasteiger partial charge in [-0.25, -0.2) is 4.98 Å². The zero-order valence-electron chi connectivity index (χ0n) is 12.6. The summed E-state index contributed by atoms with van der Waals surface area (Å²) < 4.78 is 44.9. The Morgan fingerprint density at radius 2 is 2.09 bits per heavy atom. The van der Waals surface area contributed by atoms with Crippen molar-refractivity contribution in [2.45, 2.75) is 26.6 Å². The molecule has 7 nitrogen and oxygen atoms in total. The van der Waals surface area contributed by atoms with Gasteiger partial charge in [0.05, 0.1) is 12.7 Å². The first kappa shape index (κ1) is 16.7. The molecule has 2 aromatic heterocycles. The molecule has 0 saturated heterocycles. The summed E-state index contributed by atoms with van der Waals surface area (Å²) >= 11 is 0. The number of hydrogen-bond donors (Lipinski definition) is 1. The number of carbonyl (C=O) groups excluding carboxylic acids is 1. The zero-order valence-corrected chi connectivity index (χ0v) is 12.6. The Hall–Kier alpha value is -2.65. The highest BCUT2D eigenvalue weighted by atomic mass is 19.4. The lowest BCUT2D eigenvalue weighted by atomic mass is 10.2. The molecule has 23 heavy (non-hydrogen) atoms. The van der Waals surface area contributed by atoms with Gasteiger partial charge in [-0.3, -0.25) is 14.8 Å². The van der Waals surface area contributed by atoms with E-state index in [0.29, 0.717) is 5.69 Å². The molecule has 1 N–H and O–H groups in total. The van der Waals surface area contributed by atoms with Crippen LogP contribution in [0.3, 0.4) is 0 Å². The van der Waals surface area contributed by atoms with Crippen LogP contribution in [0.15, 0.2) is 12.3 Å². The number of ether oxygens (including phenoxy) is 1. The normalized spacial score (nSPS) is 11.4. The number of aromatic nitrogens is 4. The Labute approximate surface area is 129 Å². The number of rotatable bonds is 4. The van der Waals surface area contributed by atoms with Gasteiger partial charge in [-0.15, -0.1) is 0 Å². The molecule has 0 radical (unpaired) electrons. The van der Waals surface area contributed by atoms with Crippen LogP contribution in [-0.2, 0) is 12.7 Å². The minimum atomic E-state index is -4.74. The summed E-state index contributed by atoms with van der Waals surface area (Å²) in [5.41, 5.74) is -1.35. The maximum atomic E-state index is 13.0. The quantitative estimate of drug-likeness (QED) is 0.930. The van der Waals surface area contributed by atoms with E-state index in [1.165, 1.54) is 13.2 Å². The number of methoxy groups -OCH3 is 1. The van der Waals surface area contributed by atoms with Crippen molar-refractivity contribution in [2.24, 2.45) is 0 Å². The Morgan fingerprint density at radius 1 is 1.39 bits per heavy atom. The summed E-state index contributed by atoms with van der Waals surface area (Å²) in [5.74, 6) is -0.956. The third-order valence-corrected chi connectivity index (χ3v) is 2.86. The number of nitrogens with zero attached hydrogens (tertiary/aromatic N) is 4. The molecule has 0 spiro atoms. The van der Waals surface area contributed by atoms with E-state index in [0.717, 1.165) is 10.9 Å². The van der Waals surface area contributed by atoms with Crippen molar-refractivity contribution in [1.29, 1.82) is 0 Å². The Kier molecular flexibility index (Phi) is 4.52. The Balaban J connectivity index is 2.34. The molecule has 0 aliphatic carbocycles. The van der Waals surface area contributed by atoms with Gasteiger partial charge in [0.15, 0.2) is 5.69 Å². The molecule has 1 amide bonds. The number of nitrogens with one attached hydrogen (secondary N) is 1. The van der Waals surface area contributed by atoms with Crippen LogP contribution in [0.2, 0.25) is 0 Å². The van der Waals surface area contributed by atoms with Crippen LogP contribution >= 0.6 is 0 Å². The highest BCUT2D eigenvalue weighted by Crippen LogP contribution is 2.31. The number of carbonyl (C=O) groups is 1. The molecule has 124 valence electrons. The average Bonchev–Trinajstić information content (AvgIpc) is 2.91. The second kappa shape index (κ2) is 6.23. The van der Waals surface area contributed by atoms with E-state index in [-0.39, 0.29) is 18.4 Å². The predicted octanol–water partition coefficient (Wildman–Crippen LogP) is 2.28. The van der Waals surface area contributed by atoms with Crippen molar-refractivity contribution in [3.05, 3.63) is 29.2 Å². The van der Waals surface area contributed by atoms with Crippen LogP contribution < -0.4 is 10.1 Å². The van der Waals surface area contributed by atoms with Gasteiger partial charge in [-0.2, -0.15) is 23.3 Å². The van der Waals surface area contributed by atoms with Crippen LogP contribution in [0.25, 0.3) is 0 Å². The lowest BCUT2D eigenvalue weighted by molar-refractivity contribution is -0.141. The van der Waals surface area contributed by atoms with Crippen LogP contribution in [0.4, 0.5) is 19.1 Å². The fraction of sp³-hybridized carbons (Fsp3) is 0.385. The van der Waals surface area contributed by atoms with Crippen molar-refractivity contribution in [3.8, 4) is 5.88 Å². The number of hydrogen-bond acceptors (Lipinski definition) is 5. The lowest BCUT2D eigenvalue weighted by Crippen LogP contribution is -2.19. The van der Waals surface area contributed by atoms with Crippen molar-refractivity contribution < 1.29 is 22.7 Å². The van der Waals surface area contributed by atoms with Crippen LogP contribution in [-0.4, -0.2) is 32.8 Å². The number of halogens is 3. The summed E-state index contributed by atoms with van der Waals surface area (Å²) in [7, 11) is 1.38. The highest BCUT2D eigenvalue weighted by Gasteiger charge is 2.39. The molecule has 10 heteroatoms. The molecule has 2 heterocycles. The average molecular weight is 329 g/mol. The summed E-state index contributed by atoms with van der Waals surface area (Å²) in [4.78, 5) is 19.9. The molecule has 0 saturated carbocycles. The lowest BCUT2D eigenvalue weighted by Gasteiger charge is -2.08. The van der Waals surface area contributed by atoms with Gasteiger partial charge in [-0.1, -0.05) is 0 Å². The molecular formula is C13H14F3N5O2. The topological polar surface area (TPSA) is 81.9 Å². The smallest absolute Gasteiger partial charge is 0.435 e. The summed E-state index contributed by atoms with van der Waals surface area (Å²) in [5, 5.41) is 5.61. The first-order chi connectivity index (χ1) is 10.7. The third-order valence-electron chi connectivity index (χ3n) is 2.86. The van der Waals surface area contributed by atoms with Crippen molar-refractivity contribution >= 4 is 11.9 Å². The first-order valence-corrected chi connectivity index (χ1v) is 6.60.